The first-order chi connectivity index (χ1) is 15.2. The monoisotopic (exact) mass is 434 g/mol. The highest BCUT2D eigenvalue weighted by atomic mass is 32.1. The van der Waals surface area contributed by atoms with Crippen molar-refractivity contribution >= 4 is 38.6 Å². The van der Waals surface area contributed by atoms with Crippen molar-refractivity contribution < 1.29 is 13.9 Å². The number of hydrogen-bond acceptors (Lipinski definition) is 7. The number of fused-ring (bicyclic) bond motifs is 4. The van der Waals surface area contributed by atoms with E-state index in [1.165, 1.54) is 11.3 Å². The molecule has 0 N–H and O–H groups in total. The molecular formula is C23H22N4O3S. The SMILES string of the molecule is CC(=O)N1CC2CCC(C1)N2Cc1coc2cccc(Oc3nc4ncccc4s3)c12. The van der Waals surface area contributed by atoms with Crippen molar-refractivity contribution in [2.45, 2.75) is 38.4 Å². The van der Waals surface area contributed by atoms with Crippen LogP contribution in [0.5, 0.6) is 10.9 Å². The van der Waals surface area contributed by atoms with Gasteiger partial charge in [0, 0.05) is 50.4 Å². The lowest BCUT2D eigenvalue weighted by Gasteiger charge is -2.40. The summed E-state index contributed by atoms with van der Waals surface area (Å²) in [6.45, 7) is 4.07. The van der Waals surface area contributed by atoms with Gasteiger partial charge in [0.2, 0.25) is 5.91 Å². The summed E-state index contributed by atoms with van der Waals surface area (Å²) < 4.78 is 13.1. The van der Waals surface area contributed by atoms with E-state index in [9.17, 15) is 4.79 Å². The molecule has 2 unspecified atom stereocenters. The Morgan fingerprint density at radius 3 is 2.84 bits per heavy atom. The van der Waals surface area contributed by atoms with Crippen molar-refractivity contribution in [2.24, 2.45) is 0 Å². The van der Waals surface area contributed by atoms with E-state index < -0.39 is 0 Å². The summed E-state index contributed by atoms with van der Waals surface area (Å²) in [5.41, 5.74) is 2.61. The molecule has 3 aromatic heterocycles. The van der Waals surface area contributed by atoms with Crippen LogP contribution in [0.15, 0.2) is 47.2 Å². The van der Waals surface area contributed by atoms with Gasteiger partial charge in [-0.3, -0.25) is 9.69 Å². The zero-order chi connectivity index (χ0) is 20.9. The number of thiazole rings is 1. The van der Waals surface area contributed by atoms with Gasteiger partial charge >= 0.3 is 0 Å². The molecule has 2 fully saturated rings. The van der Waals surface area contributed by atoms with Crippen LogP contribution in [0, 0.1) is 0 Å². The third kappa shape index (κ3) is 3.26. The molecule has 8 heteroatoms. The van der Waals surface area contributed by atoms with Gasteiger partial charge < -0.3 is 14.1 Å². The smallest absolute Gasteiger partial charge is 0.281 e. The van der Waals surface area contributed by atoms with Crippen LogP contribution in [-0.2, 0) is 11.3 Å². The van der Waals surface area contributed by atoms with Gasteiger partial charge in [0.1, 0.15) is 11.3 Å². The van der Waals surface area contributed by atoms with Crippen molar-refractivity contribution in [3.63, 3.8) is 0 Å². The lowest BCUT2D eigenvalue weighted by molar-refractivity contribution is -0.132. The first-order valence-corrected chi connectivity index (χ1v) is 11.4. The largest absolute Gasteiger partial charge is 0.464 e. The molecule has 2 aliphatic rings. The van der Waals surface area contributed by atoms with Gasteiger partial charge in [-0.2, -0.15) is 4.98 Å². The molecule has 0 saturated carbocycles. The zero-order valence-electron chi connectivity index (χ0n) is 17.2. The summed E-state index contributed by atoms with van der Waals surface area (Å²) in [5.74, 6) is 0.918. The number of aromatic nitrogens is 2. The molecule has 0 spiro atoms. The average molecular weight is 435 g/mol. The van der Waals surface area contributed by atoms with Crippen molar-refractivity contribution in [1.82, 2.24) is 19.8 Å². The standard InChI is InChI=1S/C23H22N4O3S/c1-14(28)26-11-16-7-8-17(12-26)27(16)10-15-13-29-18-4-2-5-19(21(15)18)30-23-25-22-20(31-23)6-3-9-24-22/h2-6,9,13,16-17H,7-8,10-12H2,1H3. The third-order valence-corrected chi connectivity index (χ3v) is 7.30. The lowest BCUT2D eigenvalue weighted by atomic mass is 10.1. The molecular weight excluding hydrogens is 412 g/mol. The van der Waals surface area contributed by atoms with Crippen LogP contribution in [0.3, 0.4) is 0 Å². The van der Waals surface area contributed by atoms with E-state index in [1.54, 1.807) is 13.1 Å². The minimum absolute atomic E-state index is 0.173. The molecule has 0 radical (unpaired) electrons. The second-order valence-electron chi connectivity index (χ2n) is 8.28. The third-order valence-electron chi connectivity index (χ3n) is 6.41. The second kappa shape index (κ2) is 7.32. The maximum absolute atomic E-state index is 11.9. The van der Waals surface area contributed by atoms with Crippen LogP contribution in [0.25, 0.3) is 21.3 Å². The number of piperazine rings is 1. The van der Waals surface area contributed by atoms with Crippen LogP contribution in [0.2, 0.25) is 0 Å². The van der Waals surface area contributed by atoms with Crippen LogP contribution in [-0.4, -0.2) is 50.8 Å². The molecule has 2 atom stereocenters. The van der Waals surface area contributed by atoms with E-state index in [0.29, 0.717) is 22.9 Å². The molecule has 2 bridgehead atoms. The first-order valence-electron chi connectivity index (χ1n) is 10.6. The maximum atomic E-state index is 11.9. The zero-order valence-corrected chi connectivity index (χ0v) is 18.0. The topological polar surface area (TPSA) is 71.7 Å². The minimum Gasteiger partial charge on any atom is -0.464 e. The van der Waals surface area contributed by atoms with E-state index in [-0.39, 0.29) is 5.91 Å². The maximum Gasteiger partial charge on any atom is 0.281 e. The molecule has 1 amide bonds. The van der Waals surface area contributed by atoms with Crippen molar-refractivity contribution in [2.75, 3.05) is 13.1 Å². The molecule has 5 heterocycles. The predicted octanol–water partition coefficient (Wildman–Crippen LogP) is 4.42. The van der Waals surface area contributed by atoms with E-state index in [4.69, 9.17) is 9.15 Å². The molecule has 2 saturated heterocycles. The Kier molecular flexibility index (Phi) is 4.43. The van der Waals surface area contributed by atoms with E-state index in [1.807, 2.05) is 41.5 Å². The quantitative estimate of drug-likeness (QED) is 0.473. The number of benzene rings is 1. The Morgan fingerprint density at radius 1 is 1.23 bits per heavy atom. The van der Waals surface area contributed by atoms with Gasteiger partial charge in [-0.25, -0.2) is 4.98 Å². The number of rotatable bonds is 4. The number of amides is 1. The molecule has 31 heavy (non-hydrogen) atoms. The van der Waals surface area contributed by atoms with E-state index in [2.05, 4.69) is 14.9 Å². The second-order valence-corrected chi connectivity index (χ2v) is 9.27. The van der Waals surface area contributed by atoms with Gasteiger partial charge in [-0.15, -0.1) is 0 Å². The summed E-state index contributed by atoms with van der Waals surface area (Å²) in [4.78, 5) is 25.2. The Hall–Kier alpha value is -2.97. The number of pyridine rings is 1. The highest BCUT2D eigenvalue weighted by Crippen LogP contribution is 2.39. The average Bonchev–Trinajstić information content (AvgIpc) is 3.42. The fraction of sp³-hybridized carbons (Fsp3) is 0.348. The van der Waals surface area contributed by atoms with Crippen molar-refractivity contribution in [1.29, 1.82) is 0 Å². The van der Waals surface area contributed by atoms with Crippen molar-refractivity contribution in [3.8, 4) is 10.9 Å². The molecule has 158 valence electrons. The first kappa shape index (κ1) is 18.8. The van der Waals surface area contributed by atoms with Gasteiger partial charge in [0.05, 0.1) is 16.3 Å². The van der Waals surface area contributed by atoms with Crippen LogP contribution < -0.4 is 4.74 Å². The molecule has 6 rings (SSSR count). The van der Waals surface area contributed by atoms with Crippen LogP contribution >= 0.6 is 11.3 Å². The number of likely N-dealkylation sites (tertiary alicyclic amines) is 1. The summed E-state index contributed by atoms with van der Waals surface area (Å²) >= 11 is 1.48. The van der Waals surface area contributed by atoms with Crippen molar-refractivity contribution in [3.05, 3.63) is 48.4 Å². The molecule has 2 aliphatic heterocycles. The predicted molar refractivity (Wildman–Crippen MR) is 118 cm³/mol. The van der Waals surface area contributed by atoms with E-state index >= 15 is 0 Å². The summed E-state index contributed by atoms with van der Waals surface area (Å²) in [6, 6.07) is 10.6. The number of furan rings is 1. The van der Waals surface area contributed by atoms with Gasteiger partial charge in [-0.1, -0.05) is 17.4 Å². The van der Waals surface area contributed by atoms with Gasteiger partial charge in [0.15, 0.2) is 5.65 Å². The van der Waals surface area contributed by atoms with Gasteiger partial charge in [0.25, 0.3) is 5.19 Å². The summed E-state index contributed by atoms with van der Waals surface area (Å²) in [7, 11) is 0. The summed E-state index contributed by atoms with van der Waals surface area (Å²) in [5, 5.41) is 1.56. The lowest BCUT2D eigenvalue weighted by Crippen LogP contribution is -2.54. The number of carbonyl (C=O) groups excluding carboxylic acids is 1. The van der Waals surface area contributed by atoms with Crippen LogP contribution in [0.4, 0.5) is 0 Å². The number of nitrogens with zero attached hydrogens (tertiary/aromatic N) is 4. The molecule has 7 nitrogen and oxygen atoms in total. The van der Waals surface area contributed by atoms with Gasteiger partial charge in [-0.05, 0) is 37.1 Å². The Morgan fingerprint density at radius 2 is 2.06 bits per heavy atom. The number of hydrogen-bond donors (Lipinski definition) is 0. The summed E-state index contributed by atoms with van der Waals surface area (Å²) in [6.07, 6.45) is 5.84. The number of ether oxygens (including phenoxy) is 1. The Balaban J connectivity index is 1.31. The molecule has 0 aliphatic carbocycles. The molecule has 4 aromatic rings. The minimum atomic E-state index is 0.173. The fourth-order valence-electron chi connectivity index (χ4n) is 4.91. The highest BCUT2D eigenvalue weighted by molar-refractivity contribution is 7.20. The Bertz CT molecular complexity index is 1240. The number of carbonyl (C=O) groups is 1. The van der Waals surface area contributed by atoms with Crippen LogP contribution in [0.1, 0.15) is 25.3 Å². The molecule has 1 aromatic carbocycles. The van der Waals surface area contributed by atoms with E-state index in [0.717, 1.165) is 59.5 Å². The normalized spacial score (nSPS) is 21.3. The Labute approximate surface area is 183 Å². The fourth-order valence-corrected chi connectivity index (χ4v) is 5.70. The highest BCUT2D eigenvalue weighted by Gasteiger charge is 2.40.